The molecule has 8 nitrogen and oxygen atoms in total. The molecule has 1 N–H and O–H groups in total. The molecule has 226 valence electrons. The summed E-state index contributed by atoms with van der Waals surface area (Å²) in [5.74, 6) is 0.241. The fourth-order valence-corrected chi connectivity index (χ4v) is 5.62. The number of nitrogens with zero attached hydrogens (tertiary/aromatic N) is 2. The molecule has 2 unspecified atom stereocenters. The van der Waals surface area contributed by atoms with Gasteiger partial charge in [0.25, 0.3) is 0 Å². The van der Waals surface area contributed by atoms with Gasteiger partial charge in [-0.1, -0.05) is 67.6 Å². The van der Waals surface area contributed by atoms with Gasteiger partial charge in [-0.15, -0.1) is 0 Å². The first-order valence-electron chi connectivity index (χ1n) is 14.5. The quantitative estimate of drug-likeness (QED) is 0.247. The van der Waals surface area contributed by atoms with Gasteiger partial charge in [0.1, 0.15) is 11.8 Å². The second-order valence-corrected chi connectivity index (χ2v) is 12.3. The van der Waals surface area contributed by atoms with E-state index < -0.39 is 16.1 Å². The molecule has 0 heterocycles. The summed E-state index contributed by atoms with van der Waals surface area (Å²) < 4.78 is 32.1. The number of amides is 2. The number of benzene rings is 3. The van der Waals surface area contributed by atoms with Crippen molar-refractivity contribution in [1.29, 1.82) is 0 Å². The van der Waals surface area contributed by atoms with Crippen molar-refractivity contribution in [3.63, 3.8) is 0 Å². The molecule has 0 aliphatic rings. The molecule has 0 saturated carbocycles. The van der Waals surface area contributed by atoms with Crippen molar-refractivity contribution in [2.24, 2.45) is 0 Å². The van der Waals surface area contributed by atoms with Crippen molar-refractivity contribution in [2.45, 2.75) is 65.1 Å². The summed E-state index contributed by atoms with van der Waals surface area (Å²) >= 11 is 0. The second kappa shape index (κ2) is 16.0. The van der Waals surface area contributed by atoms with E-state index in [4.69, 9.17) is 4.74 Å². The van der Waals surface area contributed by atoms with Crippen LogP contribution < -0.4 is 14.4 Å². The summed E-state index contributed by atoms with van der Waals surface area (Å²) in [5, 5.41) is 3.07. The Morgan fingerprint density at radius 3 is 2.02 bits per heavy atom. The van der Waals surface area contributed by atoms with Gasteiger partial charge in [0.2, 0.25) is 21.8 Å². The van der Waals surface area contributed by atoms with Crippen LogP contribution in [0.2, 0.25) is 0 Å². The summed E-state index contributed by atoms with van der Waals surface area (Å²) in [4.78, 5) is 29.1. The summed E-state index contributed by atoms with van der Waals surface area (Å²) in [5.41, 5.74) is 2.36. The average Bonchev–Trinajstić information content (AvgIpc) is 2.98. The predicted octanol–water partition coefficient (Wildman–Crippen LogP) is 5.19. The fourth-order valence-electron chi connectivity index (χ4n) is 4.65. The topological polar surface area (TPSA) is 96.0 Å². The van der Waals surface area contributed by atoms with E-state index in [1.54, 1.807) is 29.2 Å². The third-order valence-electron chi connectivity index (χ3n) is 7.06. The van der Waals surface area contributed by atoms with Gasteiger partial charge in [0, 0.05) is 32.0 Å². The Balaban J connectivity index is 1.84. The van der Waals surface area contributed by atoms with Crippen LogP contribution in [0.5, 0.6) is 5.75 Å². The molecule has 2 amide bonds. The van der Waals surface area contributed by atoms with Gasteiger partial charge < -0.3 is 15.0 Å². The number of hydrogen-bond donors (Lipinski definition) is 1. The summed E-state index contributed by atoms with van der Waals surface area (Å²) in [6.07, 6.45) is 2.65. The zero-order valence-electron chi connectivity index (χ0n) is 25.0. The van der Waals surface area contributed by atoms with Crippen molar-refractivity contribution in [3.05, 3.63) is 96.1 Å². The van der Waals surface area contributed by atoms with Gasteiger partial charge in [-0.2, -0.15) is 0 Å². The Morgan fingerprint density at radius 1 is 0.881 bits per heavy atom. The van der Waals surface area contributed by atoms with Gasteiger partial charge in [-0.05, 0) is 62.1 Å². The number of anilines is 1. The van der Waals surface area contributed by atoms with Crippen molar-refractivity contribution < 1.29 is 22.7 Å². The van der Waals surface area contributed by atoms with Crippen molar-refractivity contribution in [2.75, 3.05) is 23.7 Å². The molecule has 42 heavy (non-hydrogen) atoms. The average molecular weight is 594 g/mol. The van der Waals surface area contributed by atoms with Gasteiger partial charge in [0.05, 0.1) is 18.6 Å². The molecule has 0 saturated heterocycles. The van der Waals surface area contributed by atoms with E-state index in [1.807, 2.05) is 81.4 Å². The van der Waals surface area contributed by atoms with Crippen molar-refractivity contribution in [3.8, 4) is 5.75 Å². The molecule has 0 fully saturated rings. The third kappa shape index (κ3) is 9.91. The molecule has 3 aromatic carbocycles. The molecule has 0 spiro atoms. The molecule has 0 aliphatic carbocycles. The number of sulfonamides is 1. The first kappa shape index (κ1) is 32.7. The summed E-state index contributed by atoms with van der Waals surface area (Å²) in [6, 6.07) is 25.3. The van der Waals surface area contributed by atoms with E-state index in [1.165, 1.54) is 4.31 Å². The summed E-state index contributed by atoms with van der Waals surface area (Å²) in [7, 11) is -3.59. The Bertz CT molecular complexity index is 1370. The maximum absolute atomic E-state index is 13.9. The number of ether oxygens (including phenoxy) is 1. The number of nitrogens with one attached hydrogen (secondary N) is 1. The molecule has 0 aromatic heterocycles. The Labute approximate surface area is 250 Å². The van der Waals surface area contributed by atoms with Gasteiger partial charge in [-0.3, -0.25) is 13.9 Å². The number of carbonyl (C=O) groups is 2. The first-order valence-corrected chi connectivity index (χ1v) is 16.4. The lowest BCUT2D eigenvalue weighted by molar-refractivity contribution is -0.141. The van der Waals surface area contributed by atoms with Crippen LogP contribution in [0, 0.1) is 0 Å². The standard InChI is InChI=1S/C33H43N3O5S/c1-5-26(3)34-33(38)31(24-27-14-9-7-10-15-27)35(25-28-16-11-8-12-17-28)32(37)18-13-23-36(42(4,39)40)29-19-21-30(22-20-29)41-6-2/h7-12,14-17,19-22,26,31H,5-6,13,18,23-25H2,1-4H3,(H,34,38). The number of carbonyl (C=O) groups excluding carboxylic acids is 2. The minimum Gasteiger partial charge on any atom is -0.494 e. The maximum atomic E-state index is 13.9. The molecule has 2 atom stereocenters. The van der Waals surface area contributed by atoms with Crippen LogP contribution in [0.15, 0.2) is 84.9 Å². The lowest BCUT2D eigenvalue weighted by atomic mass is 10.0. The highest BCUT2D eigenvalue weighted by Crippen LogP contribution is 2.23. The number of hydrogen-bond acceptors (Lipinski definition) is 5. The van der Waals surface area contributed by atoms with Crippen LogP contribution in [0.3, 0.4) is 0 Å². The summed E-state index contributed by atoms with van der Waals surface area (Å²) in [6.45, 7) is 6.73. The third-order valence-corrected chi connectivity index (χ3v) is 8.25. The van der Waals surface area contributed by atoms with Gasteiger partial charge in [0.15, 0.2) is 0 Å². The van der Waals surface area contributed by atoms with Gasteiger partial charge >= 0.3 is 0 Å². The minimum atomic E-state index is -3.59. The van der Waals surface area contributed by atoms with Crippen molar-refractivity contribution >= 4 is 27.5 Å². The van der Waals surface area contributed by atoms with E-state index in [-0.39, 0.29) is 43.8 Å². The Kier molecular flexibility index (Phi) is 12.4. The van der Waals surface area contributed by atoms with E-state index in [2.05, 4.69) is 5.32 Å². The lowest BCUT2D eigenvalue weighted by Crippen LogP contribution is -2.52. The van der Waals surface area contributed by atoms with Crippen LogP contribution in [-0.2, 0) is 32.6 Å². The van der Waals surface area contributed by atoms with E-state index in [0.29, 0.717) is 24.5 Å². The SMILES string of the molecule is CCOc1ccc(N(CCCC(=O)N(Cc2ccccc2)C(Cc2ccccc2)C(=O)NC(C)CC)S(C)(=O)=O)cc1. The number of rotatable bonds is 16. The smallest absolute Gasteiger partial charge is 0.243 e. The van der Waals surface area contributed by atoms with Crippen LogP contribution in [-0.4, -0.2) is 56.6 Å². The molecule has 3 rings (SSSR count). The van der Waals surface area contributed by atoms with E-state index >= 15 is 0 Å². The van der Waals surface area contributed by atoms with E-state index in [0.717, 1.165) is 23.8 Å². The highest BCUT2D eigenvalue weighted by atomic mass is 32.2. The second-order valence-electron chi connectivity index (χ2n) is 10.4. The van der Waals surface area contributed by atoms with Crippen molar-refractivity contribution in [1.82, 2.24) is 10.2 Å². The normalized spacial score (nSPS) is 12.7. The predicted molar refractivity (Wildman–Crippen MR) is 168 cm³/mol. The fraction of sp³-hybridized carbons (Fsp3) is 0.394. The van der Waals surface area contributed by atoms with Crippen LogP contribution in [0.1, 0.15) is 51.2 Å². The lowest BCUT2D eigenvalue weighted by Gasteiger charge is -2.32. The molecular weight excluding hydrogens is 550 g/mol. The van der Waals surface area contributed by atoms with Crippen LogP contribution in [0.25, 0.3) is 0 Å². The minimum absolute atomic E-state index is 0.0399. The molecule has 3 aromatic rings. The highest BCUT2D eigenvalue weighted by molar-refractivity contribution is 7.92. The van der Waals surface area contributed by atoms with Crippen LogP contribution in [0.4, 0.5) is 5.69 Å². The molecule has 0 aliphatic heterocycles. The molecule has 0 radical (unpaired) electrons. The van der Waals surface area contributed by atoms with Gasteiger partial charge in [-0.25, -0.2) is 8.42 Å². The Morgan fingerprint density at radius 2 is 1.48 bits per heavy atom. The largest absolute Gasteiger partial charge is 0.494 e. The molecular formula is C33H43N3O5S. The van der Waals surface area contributed by atoms with E-state index in [9.17, 15) is 18.0 Å². The maximum Gasteiger partial charge on any atom is 0.243 e. The Hall–Kier alpha value is -3.85. The zero-order valence-corrected chi connectivity index (χ0v) is 25.8. The monoisotopic (exact) mass is 593 g/mol. The molecule has 9 heteroatoms. The first-order chi connectivity index (χ1) is 20.1. The highest BCUT2D eigenvalue weighted by Gasteiger charge is 2.31. The molecule has 0 bridgehead atoms. The zero-order chi connectivity index (χ0) is 30.5. The van der Waals surface area contributed by atoms with Crippen LogP contribution >= 0.6 is 0 Å².